The van der Waals surface area contributed by atoms with Gasteiger partial charge >= 0.3 is 5.97 Å². The van der Waals surface area contributed by atoms with E-state index in [0.717, 1.165) is 37.9 Å². The van der Waals surface area contributed by atoms with Crippen molar-refractivity contribution in [2.24, 2.45) is 0 Å². The van der Waals surface area contributed by atoms with Gasteiger partial charge in [0, 0.05) is 27.1 Å². The molecule has 1 aliphatic heterocycles. The lowest BCUT2D eigenvalue weighted by Gasteiger charge is -2.18. The van der Waals surface area contributed by atoms with Crippen LogP contribution in [0.1, 0.15) is 48.8 Å². The van der Waals surface area contributed by atoms with Gasteiger partial charge in [-0.1, -0.05) is 12.8 Å². The van der Waals surface area contributed by atoms with Crippen LogP contribution in [0.5, 0.6) is 0 Å². The maximum atomic E-state index is 12.8. The first-order valence-electron chi connectivity index (χ1n) is 9.34. The van der Waals surface area contributed by atoms with E-state index in [4.69, 9.17) is 4.74 Å². The number of esters is 1. The highest BCUT2D eigenvalue weighted by atomic mass is 16.5. The minimum atomic E-state index is -0.877. The SMILES string of the molecule is C[C@H](OC(=O)c1ccc2c(=O)n3c(nc2c1)CCCCCC3)C(=O)N(C)C. The van der Waals surface area contributed by atoms with Crippen molar-refractivity contribution in [3.8, 4) is 0 Å². The van der Waals surface area contributed by atoms with Crippen molar-refractivity contribution in [2.75, 3.05) is 14.1 Å². The van der Waals surface area contributed by atoms with Gasteiger partial charge in [-0.2, -0.15) is 0 Å². The first-order chi connectivity index (χ1) is 12.9. The van der Waals surface area contributed by atoms with Crippen LogP contribution in [0.4, 0.5) is 0 Å². The van der Waals surface area contributed by atoms with E-state index >= 15 is 0 Å². The van der Waals surface area contributed by atoms with Crippen LogP contribution >= 0.6 is 0 Å². The Hall–Kier alpha value is -2.70. The minimum Gasteiger partial charge on any atom is -0.449 e. The summed E-state index contributed by atoms with van der Waals surface area (Å²) in [5, 5.41) is 0.494. The molecular weight excluding hydrogens is 346 g/mol. The molecule has 0 unspecified atom stereocenters. The summed E-state index contributed by atoms with van der Waals surface area (Å²) >= 11 is 0. The van der Waals surface area contributed by atoms with Gasteiger partial charge in [-0.25, -0.2) is 9.78 Å². The second-order valence-electron chi connectivity index (χ2n) is 7.16. The van der Waals surface area contributed by atoms with Crippen molar-refractivity contribution in [2.45, 2.75) is 51.7 Å². The summed E-state index contributed by atoms with van der Waals surface area (Å²) in [6.07, 6.45) is 4.12. The number of nitrogens with zero attached hydrogens (tertiary/aromatic N) is 3. The largest absolute Gasteiger partial charge is 0.449 e. The van der Waals surface area contributed by atoms with Gasteiger partial charge in [-0.15, -0.1) is 0 Å². The zero-order chi connectivity index (χ0) is 19.6. The molecule has 2 heterocycles. The second kappa shape index (κ2) is 7.90. The standard InChI is InChI=1S/C20H25N3O4/c1-13(18(24)22(2)3)27-20(26)14-9-10-15-16(12-14)21-17-8-6-4-5-7-11-23(17)19(15)25/h9-10,12-13H,4-8,11H2,1-3H3/t13-/m0/s1. The molecule has 1 aliphatic rings. The van der Waals surface area contributed by atoms with Crippen LogP contribution in [0.25, 0.3) is 10.9 Å². The summed E-state index contributed by atoms with van der Waals surface area (Å²) in [5.41, 5.74) is 0.712. The van der Waals surface area contributed by atoms with Crippen molar-refractivity contribution in [1.82, 2.24) is 14.5 Å². The van der Waals surface area contributed by atoms with Crippen LogP contribution in [0.2, 0.25) is 0 Å². The summed E-state index contributed by atoms with van der Waals surface area (Å²) in [6.45, 7) is 2.22. The Balaban J connectivity index is 1.93. The van der Waals surface area contributed by atoms with Crippen LogP contribution in [-0.2, 0) is 22.5 Å². The lowest BCUT2D eigenvalue weighted by molar-refractivity contribution is -0.137. The molecule has 144 valence electrons. The third kappa shape index (κ3) is 4.02. The number of carbonyl (C=O) groups excluding carboxylic acids is 2. The first-order valence-corrected chi connectivity index (χ1v) is 9.34. The van der Waals surface area contributed by atoms with E-state index in [0.29, 0.717) is 17.4 Å². The number of hydrogen-bond acceptors (Lipinski definition) is 5. The monoisotopic (exact) mass is 371 g/mol. The first kappa shape index (κ1) is 19.1. The Morgan fingerprint density at radius 2 is 1.93 bits per heavy atom. The van der Waals surface area contributed by atoms with Gasteiger partial charge < -0.3 is 9.64 Å². The highest BCUT2D eigenvalue weighted by molar-refractivity contribution is 5.95. The molecule has 7 nitrogen and oxygen atoms in total. The average Bonchev–Trinajstić information content (AvgIpc) is 2.62. The topological polar surface area (TPSA) is 81.5 Å². The summed E-state index contributed by atoms with van der Waals surface area (Å²) in [5.74, 6) is -0.121. The number of hydrogen-bond donors (Lipinski definition) is 0. The lowest BCUT2D eigenvalue weighted by Crippen LogP contribution is -2.34. The Kier molecular flexibility index (Phi) is 5.58. The Morgan fingerprint density at radius 3 is 2.67 bits per heavy atom. The predicted molar refractivity (Wildman–Crippen MR) is 102 cm³/mol. The number of rotatable bonds is 3. The number of fused-ring (bicyclic) bond motifs is 2. The molecule has 1 atom stereocenters. The van der Waals surface area contributed by atoms with Gasteiger partial charge in [-0.3, -0.25) is 14.2 Å². The molecule has 1 aromatic heterocycles. The van der Waals surface area contributed by atoms with E-state index < -0.39 is 12.1 Å². The maximum Gasteiger partial charge on any atom is 0.338 e. The molecule has 7 heteroatoms. The summed E-state index contributed by atoms with van der Waals surface area (Å²) in [4.78, 5) is 43.1. The number of benzene rings is 1. The Bertz CT molecular complexity index is 933. The van der Waals surface area contributed by atoms with Crippen molar-refractivity contribution < 1.29 is 14.3 Å². The van der Waals surface area contributed by atoms with Gasteiger partial charge in [0.25, 0.3) is 11.5 Å². The number of aromatic nitrogens is 2. The van der Waals surface area contributed by atoms with Crippen LogP contribution in [0.3, 0.4) is 0 Å². The molecule has 0 fully saturated rings. The van der Waals surface area contributed by atoms with E-state index in [-0.39, 0.29) is 17.0 Å². The minimum absolute atomic E-state index is 0.0621. The van der Waals surface area contributed by atoms with Crippen molar-refractivity contribution in [1.29, 1.82) is 0 Å². The molecule has 0 spiro atoms. The van der Waals surface area contributed by atoms with Gasteiger partial charge in [0.1, 0.15) is 5.82 Å². The van der Waals surface area contributed by atoms with E-state index in [1.165, 1.54) is 11.8 Å². The maximum absolute atomic E-state index is 12.8. The Labute approximate surface area is 157 Å². The second-order valence-corrected chi connectivity index (χ2v) is 7.16. The highest BCUT2D eigenvalue weighted by Gasteiger charge is 2.21. The third-order valence-corrected chi connectivity index (χ3v) is 4.87. The molecule has 0 N–H and O–H groups in total. The highest BCUT2D eigenvalue weighted by Crippen LogP contribution is 2.17. The van der Waals surface area contributed by atoms with Crippen LogP contribution in [-0.4, -0.2) is 46.5 Å². The van der Waals surface area contributed by atoms with Crippen LogP contribution in [0.15, 0.2) is 23.0 Å². The molecule has 27 heavy (non-hydrogen) atoms. The fourth-order valence-corrected chi connectivity index (χ4v) is 3.36. The number of ether oxygens (including phenoxy) is 1. The van der Waals surface area contributed by atoms with E-state index in [1.54, 1.807) is 36.9 Å². The Morgan fingerprint density at radius 1 is 1.19 bits per heavy atom. The number of aryl methyl sites for hydroxylation is 1. The molecule has 1 amide bonds. The van der Waals surface area contributed by atoms with Crippen LogP contribution in [0, 0.1) is 0 Å². The molecule has 1 aromatic carbocycles. The van der Waals surface area contributed by atoms with Crippen molar-refractivity contribution in [3.63, 3.8) is 0 Å². The summed E-state index contributed by atoms with van der Waals surface area (Å²) in [7, 11) is 3.21. The van der Waals surface area contributed by atoms with Gasteiger partial charge in [0.05, 0.1) is 16.5 Å². The zero-order valence-electron chi connectivity index (χ0n) is 16.0. The summed E-state index contributed by atoms with van der Waals surface area (Å²) in [6, 6.07) is 4.74. The van der Waals surface area contributed by atoms with E-state index in [9.17, 15) is 14.4 Å². The smallest absolute Gasteiger partial charge is 0.338 e. The lowest BCUT2D eigenvalue weighted by atomic mass is 10.1. The third-order valence-electron chi connectivity index (χ3n) is 4.87. The van der Waals surface area contributed by atoms with E-state index in [2.05, 4.69) is 4.98 Å². The quantitative estimate of drug-likeness (QED) is 0.772. The number of carbonyl (C=O) groups is 2. The van der Waals surface area contributed by atoms with Crippen LogP contribution < -0.4 is 5.56 Å². The van der Waals surface area contributed by atoms with Gasteiger partial charge in [-0.05, 0) is 38.0 Å². The molecule has 0 saturated heterocycles. The molecular formula is C20H25N3O4. The molecule has 2 aromatic rings. The average molecular weight is 371 g/mol. The fraction of sp³-hybridized carbons (Fsp3) is 0.500. The fourth-order valence-electron chi connectivity index (χ4n) is 3.36. The predicted octanol–water partition coefficient (Wildman–Crippen LogP) is 2.15. The van der Waals surface area contributed by atoms with Crippen molar-refractivity contribution >= 4 is 22.8 Å². The molecule has 0 aliphatic carbocycles. The molecule has 0 radical (unpaired) electrons. The zero-order valence-corrected chi connectivity index (χ0v) is 16.0. The van der Waals surface area contributed by atoms with E-state index in [1.807, 2.05) is 0 Å². The summed E-state index contributed by atoms with van der Waals surface area (Å²) < 4.78 is 7.01. The number of amides is 1. The molecule has 3 rings (SSSR count). The van der Waals surface area contributed by atoms with Gasteiger partial charge in [0.15, 0.2) is 6.10 Å². The van der Waals surface area contributed by atoms with Crippen molar-refractivity contribution in [3.05, 3.63) is 39.9 Å². The molecule has 0 saturated carbocycles. The van der Waals surface area contributed by atoms with Gasteiger partial charge in [0.2, 0.25) is 0 Å². The molecule has 0 bridgehead atoms. The normalized spacial score (nSPS) is 15.4. The number of likely N-dealkylation sites (N-methyl/N-ethyl adjacent to an activating group) is 1.